The number of benzene rings is 1. The molecule has 24 heavy (non-hydrogen) atoms. The van der Waals surface area contributed by atoms with Gasteiger partial charge in [0.1, 0.15) is 0 Å². The molecule has 2 aliphatic rings. The van der Waals surface area contributed by atoms with Crippen LogP contribution in [-0.2, 0) is 11.2 Å². The van der Waals surface area contributed by atoms with Crippen molar-refractivity contribution in [1.29, 1.82) is 0 Å². The summed E-state index contributed by atoms with van der Waals surface area (Å²) in [5.74, 6) is -0.0147. The number of nitro benzene ring substituents is 1. The Kier molecular flexibility index (Phi) is 5.11. The first-order chi connectivity index (χ1) is 11.6. The van der Waals surface area contributed by atoms with Crippen LogP contribution in [0.15, 0.2) is 18.2 Å². The van der Waals surface area contributed by atoms with Crippen LogP contribution in [0.5, 0.6) is 0 Å². The Labute approximate surface area is 141 Å². The highest BCUT2D eigenvalue weighted by molar-refractivity contribution is 5.97. The number of non-ortho nitro benzene ring substituents is 1. The summed E-state index contributed by atoms with van der Waals surface area (Å²) in [7, 11) is 0. The third-order valence-corrected chi connectivity index (χ3v) is 5.03. The maximum atomic E-state index is 12.8. The maximum Gasteiger partial charge on any atom is 0.271 e. The number of nitro groups is 1. The van der Waals surface area contributed by atoms with E-state index in [0.29, 0.717) is 25.2 Å². The number of carbonyl (C=O) groups is 1. The quantitative estimate of drug-likeness (QED) is 0.655. The van der Waals surface area contributed by atoms with Crippen LogP contribution in [0.4, 0.5) is 11.4 Å². The molecule has 0 bridgehead atoms. The Bertz CT molecular complexity index is 632. The lowest BCUT2D eigenvalue weighted by molar-refractivity contribution is -0.384. The van der Waals surface area contributed by atoms with Crippen LogP contribution >= 0.6 is 0 Å². The minimum Gasteiger partial charge on any atom is -0.396 e. The van der Waals surface area contributed by atoms with Gasteiger partial charge in [0.05, 0.1) is 17.2 Å². The normalized spacial score (nSPS) is 20.9. The van der Waals surface area contributed by atoms with Crippen LogP contribution in [0.25, 0.3) is 0 Å². The number of amides is 1. The zero-order chi connectivity index (χ0) is 17.1. The highest BCUT2D eigenvalue weighted by Gasteiger charge is 2.30. The molecule has 1 fully saturated rings. The second kappa shape index (κ2) is 7.27. The van der Waals surface area contributed by atoms with Crippen LogP contribution in [0.1, 0.15) is 31.2 Å². The first-order valence-corrected chi connectivity index (χ1v) is 8.52. The van der Waals surface area contributed by atoms with Crippen molar-refractivity contribution in [2.24, 2.45) is 0 Å². The predicted molar refractivity (Wildman–Crippen MR) is 90.1 cm³/mol. The summed E-state index contributed by atoms with van der Waals surface area (Å²) in [5, 5.41) is 20.2. The van der Waals surface area contributed by atoms with E-state index in [1.807, 2.05) is 0 Å². The van der Waals surface area contributed by atoms with Gasteiger partial charge in [-0.2, -0.15) is 0 Å². The summed E-state index contributed by atoms with van der Waals surface area (Å²) in [6.45, 7) is 1.89. The largest absolute Gasteiger partial charge is 0.396 e. The van der Waals surface area contributed by atoms with Gasteiger partial charge >= 0.3 is 0 Å². The van der Waals surface area contributed by atoms with E-state index < -0.39 is 4.92 Å². The molecular formula is C17H23N3O4. The van der Waals surface area contributed by atoms with Crippen molar-refractivity contribution in [1.82, 2.24) is 4.90 Å². The summed E-state index contributed by atoms with van der Waals surface area (Å²) in [5.41, 5.74) is 1.67. The van der Waals surface area contributed by atoms with Gasteiger partial charge in [-0.15, -0.1) is 0 Å². The smallest absolute Gasteiger partial charge is 0.271 e. The number of carbonyl (C=O) groups excluding carboxylic acids is 1. The number of hydrogen-bond donors (Lipinski definition) is 1. The molecule has 0 saturated carbocycles. The minimum atomic E-state index is -0.427. The molecular weight excluding hydrogens is 310 g/mol. The van der Waals surface area contributed by atoms with Gasteiger partial charge in [-0.25, -0.2) is 0 Å². The number of aliphatic hydroxyl groups excluding tert-OH is 1. The number of likely N-dealkylation sites (tertiary alicyclic amines) is 1. The topological polar surface area (TPSA) is 86.9 Å². The third kappa shape index (κ3) is 3.42. The van der Waals surface area contributed by atoms with E-state index in [0.717, 1.165) is 37.8 Å². The van der Waals surface area contributed by atoms with E-state index in [1.165, 1.54) is 12.1 Å². The van der Waals surface area contributed by atoms with Gasteiger partial charge in [-0.05, 0) is 37.8 Å². The minimum absolute atomic E-state index is 0.0147. The Morgan fingerprint density at radius 2 is 2.17 bits per heavy atom. The van der Waals surface area contributed by atoms with Gasteiger partial charge in [0.25, 0.3) is 5.69 Å². The van der Waals surface area contributed by atoms with E-state index in [4.69, 9.17) is 0 Å². The first-order valence-electron chi connectivity index (χ1n) is 8.52. The molecule has 1 atom stereocenters. The lowest BCUT2D eigenvalue weighted by Crippen LogP contribution is -2.46. The summed E-state index contributed by atoms with van der Waals surface area (Å²) in [6, 6.07) is 4.99. The summed E-state index contributed by atoms with van der Waals surface area (Å²) < 4.78 is 0. The standard InChI is InChI=1S/C17H23N3O4/c21-10-7-14-3-1-2-8-18(14)12-17(22)19-9-6-13-4-5-15(20(23)24)11-16(13)19/h4-5,11,14,21H,1-3,6-10,12H2. The van der Waals surface area contributed by atoms with Crippen LogP contribution in [0.3, 0.4) is 0 Å². The number of nitrogens with zero attached hydrogens (tertiary/aromatic N) is 3. The average molecular weight is 333 g/mol. The van der Waals surface area contributed by atoms with Crippen LogP contribution in [0.2, 0.25) is 0 Å². The molecule has 1 amide bonds. The second-order valence-electron chi connectivity index (χ2n) is 6.50. The maximum absolute atomic E-state index is 12.8. The Balaban J connectivity index is 1.73. The third-order valence-electron chi connectivity index (χ3n) is 5.03. The number of piperidine rings is 1. The lowest BCUT2D eigenvalue weighted by atomic mass is 9.99. The average Bonchev–Trinajstić information content (AvgIpc) is 3.00. The molecule has 7 nitrogen and oxygen atoms in total. The number of anilines is 1. The Hall–Kier alpha value is -1.99. The van der Waals surface area contributed by atoms with E-state index in [9.17, 15) is 20.0 Å². The molecule has 0 aromatic heterocycles. The van der Waals surface area contributed by atoms with Gasteiger partial charge in [0.15, 0.2) is 0 Å². The highest BCUT2D eigenvalue weighted by atomic mass is 16.6. The number of hydrogen-bond acceptors (Lipinski definition) is 5. The monoisotopic (exact) mass is 333 g/mol. The molecule has 1 aromatic rings. The van der Waals surface area contributed by atoms with Crippen LogP contribution in [-0.4, -0.2) is 53.1 Å². The van der Waals surface area contributed by atoms with E-state index in [1.54, 1.807) is 11.0 Å². The van der Waals surface area contributed by atoms with Crippen molar-refractivity contribution < 1.29 is 14.8 Å². The molecule has 3 rings (SSSR count). The van der Waals surface area contributed by atoms with Gasteiger partial charge in [-0.3, -0.25) is 19.8 Å². The zero-order valence-electron chi connectivity index (χ0n) is 13.7. The lowest BCUT2D eigenvalue weighted by Gasteiger charge is -2.35. The zero-order valence-corrected chi connectivity index (χ0v) is 13.7. The molecule has 1 aromatic carbocycles. The van der Waals surface area contributed by atoms with Crippen molar-refractivity contribution in [2.75, 3.05) is 31.1 Å². The van der Waals surface area contributed by atoms with Gasteiger partial charge in [0.2, 0.25) is 5.91 Å². The molecule has 7 heteroatoms. The molecule has 2 aliphatic heterocycles. The van der Waals surface area contributed by atoms with Crippen molar-refractivity contribution in [2.45, 2.75) is 38.1 Å². The highest BCUT2D eigenvalue weighted by Crippen LogP contribution is 2.32. The van der Waals surface area contributed by atoms with Crippen molar-refractivity contribution in [3.63, 3.8) is 0 Å². The van der Waals surface area contributed by atoms with Gasteiger partial charge in [0, 0.05) is 31.3 Å². The number of rotatable bonds is 5. The molecule has 1 saturated heterocycles. The summed E-state index contributed by atoms with van der Waals surface area (Å²) >= 11 is 0. The first kappa shape index (κ1) is 16.9. The fourth-order valence-electron chi connectivity index (χ4n) is 3.74. The summed E-state index contributed by atoms with van der Waals surface area (Å²) in [6.07, 6.45) is 4.63. The Morgan fingerprint density at radius 3 is 2.92 bits per heavy atom. The van der Waals surface area contributed by atoms with Crippen molar-refractivity contribution in [3.05, 3.63) is 33.9 Å². The molecule has 1 N–H and O–H groups in total. The van der Waals surface area contributed by atoms with E-state index in [-0.39, 0.29) is 24.2 Å². The van der Waals surface area contributed by atoms with Crippen molar-refractivity contribution in [3.8, 4) is 0 Å². The number of aliphatic hydroxyl groups is 1. The molecule has 0 radical (unpaired) electrons. The Morgan fingerprint density at radius 1 is 1.33 bits per heavy atom. The van der Waals surface area contributed by atoms with Crippen LogP contribution < -0.4 is 4.90 Å². The molecule has 0 spiro atoms. The molecule has 1 unspecified atom stereocenters. The van der Waals surface area contributed by atoms with Gasteiger partial charge in [-0.1, -0.05) is 12.5 Å². The molecule has 130 valence electrons. The van der Waals surface area contributed by atoms with Crippen LogP contribution in [0, 0.1) is 10.1 Å². The summed E-state index contributed by atoms with van der Waals surface area (Å²) in [4.78, 5) is 27.1. The SMILES string of the molecule is O=C(CN1CCCCC1CCO)N1CCc2ccc([N+](=O)[O-])cc21. The van der Waals surface area contributed by atoms with E-state index >= 15 is 0 Å². The molecule has 2 heterocycles. The fourth-order valence-corrected chi connectivity index (χ4v) is 3.74. The van der Waals surface area contributed by atoms with Crippen molar-refractivity contribution >= 4 is 17.3 Å². The van der Waals surface area contributed by atoms with E-state index in [2.05, 4.69) is 4.90 Å². The predicted octanol–water partition coefficient (Wildman–Crippen LogP) is 1.72. The van der Waals surface area contributed by atoms with Gasteiger partial charge < -0.3 is 10.0 Å². The number of fused-ring (bicyclic) bond motifs is 1. The fraction of sp³-hybridized carbons (Fsp3) is 0.588. The second-order valence-corrected chi connectivity index (χ2v) is 6.50. The molecule has 0 aliphatic carbocycles.